The standard InChI is InChI=1S/C19H16FN3O4S/c20-14-1-6-17-18(12-21-19(17)11-14)13-7-9-22(10-8-13)28(26,27)16-4-2-15(3-5-16)23(24)25/h1-7,11-12,21H,8-10H2. The summed E-state index contributed by atoms with van der Waals surface area (Å²) in [5.74, 6) is -0.320. The van der Waals surface area contributed by atoms with E-state index in [0.29, 0.717) is 18.5 Å². The van der Waals surface area contributed by atoms with Crippen LogP contribution in [0, 0.1) is 15.9 Å². The minimum Gasteiger partial charge on any atom is -0.360 e. The van der Waals surface area contributed by atoms with Gasteiger partial charge < -0.3 is 4.98 Å². The topological polar surface area (TPSA) is 96.3 Å². The lowest BCUT2D eigenvalue weighted by Gasteiger charge is -2.25. The van der Waals surface area contributed by atoms with Gasteiger partial charge in [-0.1, -0.05) is 6.08 Å². The van der Waals surface area contributed by atoms with E-state index in [1.807, 2.05) is 6.08 Å². The Bertz CT molecular complexity index is 1200. The summed E-state index contributed by atoms with van der Waals surface area (Å²) in [6, 6.07) is 9.40. The number of H-pyrrole nitrogens is 1. The summed E-state index contributed by atoms with van der Waals surface area (Å²) in [4.78, 5) is 13.2. The maximum atomic E-state index is 13.4. The van der Waals surface area contributed by atoms with Crippen molar-refractivity contribution >= 4 is 32.2 Å². The van der Waals surface area contributed by atoms with Gasteiger partial charge in [0.1, 0.15) is 5.82 Å². The van der Waals surface area contributed by atoms with E-state index in [1.165, 1.54) is 40.7 Å². The highest BCUT2D eigenvalue weighted by atomic mass is 32.2. The number of rotatable bonds is 4. The van der Waals surface area contributed by atoms with E-state index in [2.05, 4.69) is 4.98 Å². The molecule has 3 aromatic rings. The Morgan fingerprint density at radius 3 is 2.54 bits per heavy atom. The second-order valence-corrected chi connectivity index (χ2v) is 8.42. The first-order valence-corrected chi connectivity index (χ1v) is 10.0. The highest BCUT2D eigenvalue weighted by molar-refractivity contribution is 7.89. The number of aromatic nitrogens is 1. The molecule has 1 aliphatic heterocycles. The zero-order valence-electron chi connectivity index (χ0n) is 14.6. The number of nitro groups is 1. The first-order chi connectivity index (χ1) is 13.4. The Balaban J connectivity index is 1.58. The zero-order valence-corrected chi connectivity index (χ0v) is 15.4. The third-order valence-corrected chi connectivity index (χ3v) is 6.73. The Kier molecular flexibility index (Phi) is 4.48. The number of aromatic amines is 1. The molecule has 1 aliphatic rings. The SMILES string of the molecule is O=[N+]([O-])c1ccc(S(=O)(=O)N2CC=C(c3c[nH]c4cc(F)ccc34)CC2)cc1. The van der Waals surface area contributed by atoms with Gasteiger partial charge in [0.05, 0.1) is 9.82 Å². The largest absolute Gasteiger partial charge is 0.360 e. The van der Waals surface area contributed by atoms with Crippen molar-refractivity contribution in [2.24, 2.45) is 0 Å². The minimum absolute atomic E-state index is 0.0255. The average Bonchev–Trinajstić information content (AvgIpc) is 3.11. The molecule has 144 valence electrons. The van der Waals surface area contributed by atoms with Crippen LogP contribution in [-0.2, 0) is 10.0 Å². The van der Waals surface area contributed by atoms with E-state index in [1.54, 1.807) is 12.3 Å². The van der Waals surface area contributed by atoms with Gasteiger partial charge in [0, 0.05) is 47.9 Å². The van der Waals surface area contributed by atoms with Crippen molar-refractivity contribution < 1.29 is 17.7 Å². The quantitative estimate of drug-likeness (QED) is 0.533. The Morgan fingerprint density at radius 1 is 1.14 bits per heavy atom. The predicted octanol–water partition coefficient (Wildman–Crippen LogP) is 3.69. The first kappa shape index (κ1) is 18.3. The molecule has 0 aliphatic carbocycles. The van der Waals surface area contributed by atoms with Gasteiger partial charge >= 0.3 is 0 Å². The molecule has 0 radical (unpaired) electrons. The lowest BCUT2D eigenvalue weighted by Crippen LogP contribution is -2.34. The smallest absolute Gasteiger partial charge is 0.269 e. The van der Waals surface area contributed by atoms with E-state index < -0.39 is 14.9 Å². The summed E-state index contributed by atoms with van der Waals surface area (Å²) < 4.78 is 40.3. The molecular formula is C19H16FN3O4S. The highest BCUT2D eigenvalue weighted by Crippen LogP contribution is 2.31. The van der Waals surface area contributed by atoms with Crippen molar-refractivity contribution in [2.45, 2.75) is 11.3 Å². The average molecular weight is 401 g/mol. The van der Waals surface area contributed by atoms with Crippen molar-refractivity contribution in [3.05, 3.63) is 76.2 Å². The molecule has 2 aromatic carbocycles. The van der Waals surface area contributed by atoms with E-state index >= 15 is 0 Å². The molecule has 1 N–H and O–H groups in total. The number of nitro benzene ring substituents is 1. The Morgan fingerprint density at radius 2 is 1.89 bits per heavy atom. The normalized spacial score (nSPS) is 15.5. The summed E-state index contributed by atoms with van der Waals surface area (Å²) in [5, 5.41) is 11.6. The molecule has 0 amide bonds. The van der Waals surface area contributed by atoms with Crippen LogP contribution in [0.5, 0.6) is 0 Å². The second kappa shape index (κ2) is 6.84. The number of hydrogen-bond acceptors (Lipinski definition) is 4. The van der Waals surface area contributed by atoms with Gasteiger partial charge in [0.25, 0.3) is 5.69 Å². The van der Waals surface area contributed by atoms with Crippen LogP contribution >= 0.6 is 0 Å². The van der Waals surface area contributed by atoms with Crippen LogP contribution in [0.1, 0.15) is 12.0 Å². The molecule has 2 heterocycles. The number of hydrogen-bond donors (Lipinski definition) is 1. The van der Waals surface area contributed by atoms with Crippen LogP contribution in [-0.4, -0.2) is 35.7 Å². The molecule has 0 bridgehead atoms. The predicted molar refractivity (Wildman–Crippen MR) is 103 cm³/mol. The zero-order chi connectivity index (χ0) is 19.9. The summed E-state index contributed by atoms with van der Waals surface area (Å²) in [7, 11) is -3.74. The number of fused-ring (bicyclic) bond motifs is 1. The molecule has 1 aromatic heterocycles. The number of nitrogens with zero attached hydrogens (tertiary/aromatic N) is 2. The number of non-ortho nitro benzene ring substituents is 1. The van der Waals surface area contributed by atoms with Crippen molar-refractivity contribution in [3.63, 3.8) is 0 Å². The van der Waals surface area contributed by atoms with Gasteiger partial charge in [-0.05, 0) is 42.3 Å². The summed E-state index contributed by atoms with van der Waals surface area (Å²) in [6.45, 7) is 0.488. The summed E-state index contributed by atoms with van der Waals surface area (Å²) in [6.07, 6.45) is 4.16. The maximum absolute atomic E-state index is 13.4. The molecule has 9 heteroatoms. The molecule has 28 heavy (non-hydrogen) atoms. The van der Waals surface area contributed by atoms with Crippen LogP contribution in [0.3, 0.4) is 0 Å². The lowest BCUT2D eigenvalue weighted by atomic mass is 10.00. The third kappa shape index (κ3) is 3.19. The molecule has 0 saturated carbocycles. The lowest BCUT2D eigenvalue weighted by molar-refractivity contribution is -0.384. The molecule has 7 nitrogen and oxygen atoms in total. The highest BCUT2D eigenvalue weighted by Gasteiger charge is 2.27. The van der Waals surface area contributed by atoms with Gasteiger partial charge in [-0.2, -0.15) is 4.31 Å². The number of halogens is 1. The van der Waals surface area contributed by atoms with Crippen LogP contribution in [0.15, 0.2) is 59.6 Å². The van der Waals surface area contributed by atoms with Crippen LogP contribution < -0.4 is 0 Å². The molecular weight excluding hydrogens is 385 g/mol. The van der Waals surface area contributed by atoms with Gasteiger partial charge in [-0.25, -0.2) is 12.8 Å². The fourth-order valence-electron chi connectivity index (χ4n) is 3.37. The van der Waals surface area contributed by atoms with E-state index in [9.17, 15) is 22.9 Å². The molecule has 0 spiro atoms. The van der Waals surface area contributed by atoms with Crippen LogP contribution in [0.4, 0.5) is 10.1 Å². The number of nitrogens with one attached hydrogen (secondary N) is 1. The van der Waals surface area contributed by atoms with Crippen molar-refractivity contribution in [1.82, 2.24) is 9.29 Å². The van der Waals surface area contributed by atoms with Crippen molar-refractivity contribution in [1.29, 1.82) is 0 Å². The van der Waals surface area contributed by atoms with E-state index in [4.69, 9.17) is 0 Å². The van der Waals surface area contributed by atoms with Crippen molar-refractivity contribution in [2.75, 3.05) is 13.1 Å². The molecule has 4 rings (SSSR count). The first-order valence-electron chi connectivity index (χ1n) is 8.57. The van der Waals surface area contributed by atoms with Gasteiger partial charge in [0.2, 0.25) is 10.0 Å². The number of benzene rings is 2. The van der Waals surface area contributed by atoms with E-state index in [0.717, 1.165) is 16.5 Å². The van der Waals surface area contributed by atoms with Gasteiger partial charge in [-0.15, -0.1) is 0 Å². The Hall–Kier alpha value is -3.04. The van der Waals surface area contributed by atoms with Gasteiger partial charge in [-0.3, -0.25) is 10.1 Å². The monoisotopic (exact) mass is 401 g/mol. The molecule has 0 fully saturated rings. The molecule has 0 saturated heterocycles. The minimum atomic E-state index is -3.74. The Labute approximate surface area is 160 Å². The van der Waals surface area contributed by atoms with E-state index in [-0.39, 0.29) is 22.9 Å². The summed E-state index contributed by atoms with van der Waals surface area (Å²) >= 11 is 0. The molecule has 0 atom stereocenters. The third-order valence-electron chi connectivity index (χ3n) is 4.85. The fraction of sp³-hybridized carbons (Fsp3) is 0.158. The van der Waals surface area contributed by atoms with Crippen molar-refractivity contribution in [3.8, 4) is 0 Å². The second-order valence-electron chi connectivity index (χ2n) is 6.49. The molecule has 0 unspecified atom stereocenters. The summed E-state index contributed by atoms with van der Waals surface area (Å²) in [5.41, 5.74) is 2.46. The van der Waals surface area contributed by atoms with Crippen LogP contribution in [0.2, 0.25) is 0 Å². The van der Waals surface area contributed by atoms with Crippen LogP contribution in [0.25, 0.3) is 16.5 Å². The maximum Gasteiger partial charge on any atom is 0.269 e. The number of sulfonamides is 1. The fourth-order valence-corrected chi connectivity index (χ4v) is 4.75. The van der Waals surface area contributed by atoms with Gasteiger partial charge in [0.15, 0.2) is 0 Å².